The van der Waals surface area contributed by atoms with Crippen LogP contribution in [0, 0.1) is 6.92 Å². The molecule has 6 nitrogen and oxygen atoms in total. The highest BCUT2D eigenvalue weighted by molar-refractivity contribution is 5.91. The quantitative estimate of drug-likeness (QED) is 0.863. The highest BCUT2D eigenvalue weighted by Crippen LogP contribution is 2.32. The van der Waals surface area contributed by atoms with Gasteiger partial charge in [0.05, 0.1) is 0 Å². The Morgan fingerprint density at radius 2 is 1.82 bits per heavy atom. The van der Waals surface area contributed by atoms with Crippen LogP contribution in [0.4, 0.5) is 11.4 Å². The van der Waals surface area contributed by atoms with E-state index in [2.05, 4.69) is 41.2 Å². The molecule has 0 aliphatic carbocycles. The maximum absolute atomic E-state index is 12.4. The van der Waals surface area contributed by atoms with Gasteiger partial charge in [0, 0.05) is 44.0 Å². The molecule has 0 spiro atoms. The molecule has 2 aliphatic heterocycles. The number of fused-ring (bicyclic) bond motifs is 1. The number of carbonyl (C=O) groups excluding carboxylic acids is 1. The van der Waals surface area contributed by atoms with Crippen LogP contribution in [-0.2, 0) is 11.2 Å². The maximum atomic E-state index is 12.4. The minimum absolute atomic E-state index is 0.0180. The van der Waals surface area contributed by atoms with Gasteiger partial charge in [-0.1, -0.05) is 6.07 Å². The normalized spacial score (nSPS) is 16.3. The topological polar surface area (TPSA) is 54.0 Å². The predicted molar refractivity (Wildman–Crippen MR) is 110 cm³/mol. The number of nitrogens with one attached hydrogen (secondary N) is 1. The molecule has 1 saturated heterocycles. The number of likely N-dealkylation sites (N-methyl/N-ethyl adjacent to an activating group) is 1. The van der Waals surface area contributed by atoms with E-state index in [-0.39, 0.29) is 12.7 Å². The smallest absolute Gasteiger partial charge is 0.231 e. The summed E-state index contributed by atoms with van der Waals surface area (Å²) in [5.74, 6) is 1.54. The van der Waals surface area contributed by atoms with Crippen molar-refractivity contribution in [1.29, 1.82) is 0 Å². The van der Waals surface area contributed by atoms with E-state index in [1.807, 2.05) is 24.3 Å². The molecule has 4 rings (SSSR count). The summed E-state index contributed by atoms with van der Waals surface area (Å²) < 4.78 is 10.7. The van der Waals surface area contributed by atoms with Crippen molar-refractivity contribution in [2.45, 2.75) is 19.8 Å². The SMILES string of the molecule is Cc1cc(NC(=O)CCc2ccc3c(c2)OCO3)ccc1N1CCN(C)CC1. The number of carbonyl (C=O) groups is 1. The summed E-state index contributed by atoms with van der Waals surface area (Å²) in [6.45, 7) is 6.62. The summed E-state index contributed by atoms with van der Waals surface area (Å²) >= 11 is 0. The lowest BCUT2D eigenvalue weighted by molar-refractivity contribution is -0.116. The molecule has 2 aromatic carbocycles. The molecule has 2 aromatic rings. The molecule has 1 N–H and O–H groups in total. The van der Waals surface area contributed by atoms with E-state index in [1.54, 1.807) is 0 Å². The molecule has 0 aromatic heterocycles. The monoisotopic (exact) mass is 381 g/mol. The number of aryl methyl sites for hydroxylation is 2. The zero-order chi connectivity index (χ0) is 19.5. The first-order valence-corrected chi connectivity index (χ1v) is 9.81. The van der Waals surface area contributed by atoms with E-state index in [0.717, 1.165) is 48.9 Å². The molecule has 1 amide bonds. The second kappa shape index (κ2) is 8.10. The van der Waals surface area contributed by atoms with Crippen LogP contribution in [0.5, 0.6) is 11.5 Å². The fraction of sp³-hybridized carbons (Fsp3) is 0.409. The number of hydrogen-bond donors (Lipinski definition) is 1. The third-order valence-corrected chi connectivity index (χ3v) is 5.40. The van der Waals surface area contributed by atoms with Gasteiger partial charge >= 0.3 is 0 Å². The summed E-state index contributed by atoms with van der Waals surface area (Å²) in [6, 6.07) is 12.0. The Labute approximate surface area is 166 Å². The van der Waals surface area contributed by atoms with Gasteiger partial charge < -0.3 is 24.6 Å². The van der Waals surface area contributed by atoms with Crippen LogP contribution in [0.3, 0.4) is 0 Å². The average Bonchev–Trinajstić information content (AvgIpc) is 3.15. The fourth-order valence-electron chi connectivity index (χ4n) is 3.71. The highest BCUT2D eigenvalue weighted by atomic mass is 16.7. The third kappa shape index (κ3) is 4.22. The average molecular weight is 381 g/mol. The number of anilines is 2. The third-order valence-electron chi connectivity index (χ3n) is 5.40. The minimum atomic E-state index is 0.0180. The summed E-state index contributed by atoms with van der Waals surface area (Å²) in [5.41, 5.74) is 4.37. The molecular formula is C22H27N3O3. The second-order valence-corrected chi connectivity index (χ2v) is 7.53. The summed E-state index contributed by atoms with van der Waals surface area (Å²) in [6.07, 6.45) is 1.10. The molecule has 0 atom stereocenters. The molecule has 2 aliphatic rings. The van der Waals surface area contributed by atoms with Gasteiger partial charge in [-0.3, -0.25) is 4.79 Å². The van der Waals surface area contributed by atoms with Gasteiger partial charge in [0.15, 0.2) is 11.5 Å². The zero-order valence-electron chi connectivity index (χ0n) is 16.5. The molecule has 148 valence electrons. The van der Waals surface area contributed by atoms with Gasteiger partial charge in [-0.15, -0.1) is 0 Å². The van der Waals surface area contributed by atoms with Gasteiger partial charge in [-0.05, 0) is 61.9 Å². The fourth-order valence-corrected chi connectivity index (χ4v) is 3.71. The van der Waals surface area contributed by atoms with Crippen molar-refractivity contribution in [3.8, 4) is 11.5 Å². The van der Waals surface area contributed by atoms with Crippen molar-refractivity contribution < 1.29 is 14.3 Å². The number of rotatable bonds is 5. The Kier molecular flexibility index (Phi) is 5.39. The Morgan fingerprint density at radius 1 is 1.04 bits per heavy atom. The van der Waals surface area contributed by atoms with Crippen molar-refractivity contribution in [1.82, 2.24) is 4.90 Å². The second-order valence-electron chi connectivity index (χ2n) is 7.53. The van der Waals surface area contributed by atoms with Crippen molar-refractivity contribution in [2.24, 2.45) is 0 Å². The summed E-state index contributed by atoms with van der Waals surface area (Å²) in [4.78, 5) is 17.1. The standard InChI is InChI=1S/C22H27N3O3/c1-16-13-18(5-6-19(16)25-11-9-24(2)10-12-25)23-22(26)8-4-17-3-7-20-21(14-17)28-15-27-20/h3,5-7,13-14H,4,8-12,15H2,1-2H3,(H,23,26). The Balaban J connectivity index is 1.32. The van der Waals surface area contributed by atoms with E-state index >= 15 is 0 Å². The van der Waals surface area contributed by atoms with Crippen LogP contribution in [-0.4, -0.2) is 50.8 Å². The lowest BCUT2D eigenvalue weighted by Crippen LogP contribution is -2.44. The zero-order valence-corrected chi connectivity index (χ0v) is 16.5. The van der Waals surface area contributed by atoms with Gasteiger partial charge in [0.1, 0.15) is 0 Å². The van der Waals surface area contributed by atoms with Crippen LogP contribution in [0.25, 0.3) is 0 Å². The van der Waals surface area contributed by atoms with Crippen LogP contribution >= 0.6 is 0 Å². The van der Waals surface area contributed by atoms with E-state index in [9.17, 15) is 4.79 Å². The number of nitrogens with zero attached hydrogens (tertiary/aromatic N) is 2. The first-order valence-electron chi connectivity index (χ1n) is 9.81. The molecule has 2 heterocycles. The molecule has 0 bridgehead atoms. The van der Waals surface area contributed by atoms with Gasteiger partial charge in [0.25, 0.3) is 0 Å². The van der Waals surface area contributed by atoms with Gasteiger partial charge in [0.2, 0.25) is 12.7 Å². The molecule has 6 heteroatoms. The van der Waals surface area contributed by atoms with Gasteiger partial charge in [-0.2, -0.15) is 0 Å². The van der Waals surface area contributed by atoms with E-state index in [0.29, 0.717) is 12.8 Å². The largest absolute Gasteiger partial charge is 0.454 e. The van der Waals surface area contributed by atoms with E-state index < -0.39 is 0 Å². The van der Waals surface area contributed by atoms with Gasteiger partial charge in [-0.25, -0.2) is 0 Å². The van der Waals surface area contributed by atoms with E-state index in [1.165, 1.54) is 11.3 Å². The Morgan fingerprint density at radius 3 is 2.61 bits per heavy atom. The molecular weight excluding hydrogens is 354 g/mol. The lowest BCUT2D eigenvalue weighted by Gasteiger charge is -2.35. The highest BCUT2D eigenvalue weighted by Gasteiger charge is 2.17. The van der Waals surface area contributed by atoms with Crippen molar-refractivity contribution in [3.63, 3.8) is 0 Å². The lowest BCUT2D eigenvalue weighted by atomic mass is 10.1. The van der Waals surface area contributed by atoms with Crippen molar-refractivity contribution in [2.75, 3.05) is 50.2 Å². The molecule has 0 saturated carbocycles. The van der Waals surface area contributed by atoms with Crippen LogP contribution in [0.1, 0.15) is 17.5 Å². The van der Waals surface area contributed by atoms with Crippen molar-refractivity contribution >= 4 is 17.3 Å². The predicted octanol–water partition coefficient (Wildman–Crippen LogP) is 3.05. The summed E-state index contributed by atoms with van der Waals surface area (Å²) in [7, 11) is 2.16. The van der Waals surface area contributed by atoms with Crippen LogP contribution in [0.15, 0.2) is 36.4 Å². The summed E-state index contributed by atoms with van der Waals surface area (Å²) in [5, 5.41) is 3.02. The minimum Gasteiger partial charge on any atom is -0.454 e. The Hall–Kier alpha value is -2.73. The number of hydrogen-bond acceptors (Lipinski definition) is 5. The molecule has 0 radical (unpaired) electrons. The number of amides is 1. The first-order chi connectivity index (χ1) is 13.6. The number of ether oxygens (including phenoxy) is 2. The van der Waals surface area contributed by atoms with Crippen LogP contribution in [0.2, 0.25) is 0 Å². The maximum Gasteiger partial charge on any atom is 0.231 e. The van der Waals surface area contributed by atoms with Crippen molar-refractivity contribution in [3.05, 3.63) is 47.5 Å². The number of piperazine rings is 1. The first kappa shape index (κ1) is 18.6. The molecule has 28 heavy (non-hydrogen) atoms. The molecule has 0 unspecified atom stereocenters. The van der Waals surface area contributed by atoms with Crippen LogP contribution < -0.4 is 19.7 Å². The Bertz CT molecular complexity index is 860. The molecule has 1 fully saturated rings. The number of benzene rings is 2. The van der Waals surface area contributed by atoms with E-state index in [4.69, 9.17) is 9.47 Å².